The standard InChI is InChI=1S/C11H17N3O.C3H8/c1-15-11-4-2-10(3-5-11)13-6-8-14(12)9-7-13;1-3-2/h2-5H,6-9,12H2,1H3;3H2,1-2H3. The second-order valence-corrected chi connectivity index (χ2v) is 4.43. The molecule has 102 valence electrons. The van der Waals surface area contributed by atoms with Gasteiger partial charge in [-0.15, -0.1) is 0 Å². The van der Waals surface area contributed by atoms with E-state index in [0.717, 1.165) is 31.9 Å². The molecule has 1 heterocycles. The van der Waals surface area contributed by atoms with Crippen LogP contribution in [0.3, 0.4) is 0 Å². The maximum absolute atomic E-state index is 5.71. The van der Waals surface area contributed by atoms with Crippen LogP contribution < -0.4 is 15.5 Å². The number of ether oxygens (including phenoxy) is 1. The van der Waals surface area contributed by atoms with Gasteiger partial charge in [-0.05, 0) is 24.3 Å². The Labute approximate surface area is 110 Å². The molecule has 1 saturated heterocycles. The summed E-state index contributed by atoms with van der Waals surface area (Å²) in [7, 11) is 1.68. The number of hydrogen-bond donors (Lipinski definition) is 1. The van der Waals surface area contributed by atoms with E-state index < -0.39 is 0 Å². The maximum atomic E-state index is 5.71. The number of benzene rings is 1. The Bertz CT molecular complexity index is 318. The summed E-state index contributed by atoms with van der Waals surface area (Å²) in [5, 5.41) is 1.86. The highest BCUT2D eigenvalue weighted by Crippen LogP contribution is 2.19. The van der Waals surface area contributed by atoms with Gasteiger partial charge in [-0.2, -0.15) is 0 Å². The minimum absolute atomic E-state index is 0.899. The lowest BCUT2D eigenvalue weighted by molar-refractivity contribution is 0.266. The van der Waals surface area contributed by atoms with Gasteiger partial charge in [0.15, 0.2) is 0 Å². The molecule has 0 atom stereocenters. The summed E-state index contributed by atoms with van der Waals surface area (Å²) in [5.74, 6) is 6.61. The quantitative estimate of drug-likeness (QED) is 0.817. The SMILES string of the molecule is CCC.COc1ccc(N2CCN(N)CC2)cc1. The third-order valence-corrected chi connectivity index (χ3v) is 2.75. The lowest BCUT2D eigenvalue weighted by Gasteiger charge is -2.33. The number of rotatable bonds is 2. The minimum Gasteiger partial charge on any atom is -0.497 e. The van der Waals surface area contributed by atoms with Gasteiger partial charge in [-0.3, -0.25) is 5.84 Å². The van der Waals surface area contributed by atoms with Crippen molar-refractivity contribution in [1.29, 1.82) is 0 Å². The van der Waals surface area contributed by atoms with Crippen molar-refractivity contribution in [3.63, 3.8) is 0 Å². The van der Waals surface area contributed by atoms with Gasteiger partial charge < -0.3 is 9.64 Å². The van der Waals surface area contributed by atoms with Crippen LogP contribution in [0.4, 0.5) is 5.69 Å². The summed E-state index contributed by atoms with van der Waals surface area (Å²) < 4.78 is 5.13. The second kappa shape index (κ2) is 7.95. The normalized spacial score (nSPS) is 15.9. The Morgan fingerprint density at radius 3 is 2.00 bits per heavy atom. The molecule has 0 aromatic heterocycles. The Morgan fingerprint density at radius 2 is 1.56 bits per heavy atom. The smallest absolute Gasteiger partial charge is 0.119 e. The molecule has 4 nitrogen and oxygen atoms in total. The van der Waals surface area contributed by atoms with Crippen LogP contribution >= 0.6 is 0 Å². The molecule has 0 saturated carbocycles. The van der Waals surface area contributed by atoms with E-state index in [1.165, 1.54) is 12.1 Å². The van der Waals surface area contributed by atoms with E-state index >= 15 is 0 Å². The van der Waals surface area contributed by atoms with Crippen molar-refractivity contribution in [2.24, 2.45) is 5.84 Å². The summed E-state index contributed by atoms with van der Waals surface area (Å²) >= 11 is 0. The fourth-order valence-electron chi connectivity index (χ4n) is 1.77. The summed E-state index contributed by atoms with van der Waals surface area (Å²) in [5.41, 5.74) is 1.24. The Morgan fingerprint density at radius 1 is 1.06 bits per heavy atom. The highest BCUT2D eigenvalue weighted by molar-refractivity contribution is 5.49. The largest absolute Gasteiger partial charge is 0.497 e. The van der Waals surface area contributed by atoms with E-state index in [-0.39, 0.29) is 0 Å². The van der Waals surface area contributed by atoms with Crippen LogP contribution in [0.5, 0.6) is 5.75 Å². The molecule has 0 bridgehead atoms. The molecule has 18 heavy (non-hydrogen) atoms. The van der Waals surface area contributed by atoms with Crippen molar-refractivity contribution in [1.82, 2.24) is 5.01 Å². The fraction of sp³-hybridized carbons (Fsp3) is 0.571. The first-order valence-corrected chi connectivity index (χ1v) is 6.59. The molecule has 2 rings (SSSR count). The molecule has 1 aliphatic heterocycles. The lowest BCUT2D eigenvalue weighted by atomic mass is 10.2. The highest BCUT2D eigenvalue weighted by Gasteiger charge is 2.14. The predicted octanol–water partition coefficient (Wildman–Crippen LogP) is 2.11. The van der Waals surface area contributed by atoms with Crippen molar-refractivity contribution in [2.75, 3.05) is 38.2 Å². The Hall–Kier alpha value is -1.26. The Kier molecular flexibility index (Phi) is 6.54. The van der Waals surface area contributed by atoms with Crippen LogP contribution in [-0.4, -0.2) is 38.3 Å². The second-order valence-electron chi connectivity index (χ2n) is 4.43. The molecule has 0 aliphatic carbocycles. The van der Waals surface area contributed by atoms with Gasteiger partial charge in [0, 0.05) is 31.9 Å². The highest BCUT2D eigenvalue weighted by atomic mass is 16.5. The topological polar surface area (TPSA) is 41.7 Å². The molecule has 0 radical (unpaired) electrons. The molecule has 1 aromatic rings. The molecule has 1 aromatic carbocycles. The van der Waals surface area contributed by atoms with Gasteiger partial charge in [0.25, 0.3) is 0 Å². The molecule has 1 fully saturated rings. The van der Waals surface area contributed by atoms with Gasteiger partial charge >= 0.3 is 0 Å². The molecule has 1 aliphatic rings. The third-order valence-electron chi connectivity index (χ3n) is 2.75. The van der Waals surface area contributed by atoms with Crippen LogP contribution in [0.2, 0.25) is 0 Å². The van der Waals surface area contributed by atoms with E-state index in [9.17, 15) is 0 Å². The summed E-state index contributed by atoms with van der Waals surface area (Å²) in [4.78, 5) is 2.34. The van der Waals surface area contributed by atoms with Crippen LogP contribution in [-0.2, 0) is 0 Å². The lowest BCUT2D eigenvalue weighted by Crippen LogP contribution is -2.49. The van der Waals surface area contributed by atoms with Gasteiger partial charge in [-0.1, -0.05) is 20.3 Å². The van der Waals surface area contributed by atoms with Gasteiger partial charge in [-0.25, -0.2) is 5.01 Å². The summed E-state index contributed by atoms with van der Waals surface area (Å²) in [6.45, 7) is 8.07. The summed E-state index contributed by atoms with van der Waals surface area (Å²) in [6.07, 6.45) is 1.25. The first-order chi connectivity index (χ1) is 8.71. The number of methoxy groups -OCH3 is 1. The molecule has 4 heteroatoms. The average Bonchev–Trinajstić information content (AvgIpc) is 2.41. The average molecular weight is 251 g/mol. The zero-order valence-corrected chi connectivity index (χ0v) is 11.7. The zero-order chi connectivity index (χ0) is 13.4. The van der Waals surface area contributed by atoms with Crippen LogP contribution in [0.25, 0.3) is 0 Å². The molecular weight excluding hydrogens is 226 g/mol. The number of nitrogens with two attached hydrogens (primary N) is 1. The number of piperazine rings is 1. The number of anilines is 1. The van der Waals surface area contributed by atoms with Crippen LogP contribution in [0, 0.1) is 0 Å². The zero-order valence-electron chi connectivity index (χ0n) is 11.7. The summed E-state index contributed by atoms with van der Waals surface area (Å²) in [6, 6.07) is 8.16. The van der Waals surface area contributed by atoms with E-state index in [1.807, 2.05) is 17.1 Å². The molecule has 2 N–H and O–H groups in total. The van der Waals surface area contributed by atoms with E-state index in [0.29, 0.717) is 0 Å². The molecule has 0 amide bonds. The number of hydrogen-bond acceptors (Lipinski definition) is 4. The van der Waals surface area contributed by atoms with E-state index in [2.05, 4.69) is 30.9 Å². The molecular formula is C14H25N3O. The van der Waals surface area contributed by atoms with Crippen LogP contribution in [0.1, 0.15) is 20.3 Å². The molecule has 0 spiro atoms. The number of nitrogens with zero attached hydrogens (tertiary/aromatic N) is 2. The first-order valence-electron chi connectivity index (χ1n) is 6.59. The van der Waals surface area contributed by atoms with Crippen molar-refractivity contribution < 1.29 is 4.74 Å². The van der Waals surface area contributed by atoms with Crippen molar-refractivity contribution in [2.45, 2.75) is 20.3 Å². The minimum atomic E-state index is 0.899. The Balaban J connectivity index is 0.000000492. The monoisotopic (exact) mass is 251 g/mol. The van der Waals surface area contributed by atoms with Crippen molar-refractivity contribution in [3.8, 4) is 5.75 Å². The third kappa shape index (κ3) is 4.55. The van der Waals surface area contributed by atoms with Gasteiger partial charge in [0.05, 0.1) is 7.11 Å². The predicted molar refractivity (Wildman–Crippen MR) is 76.9 cm³/mol. The van der Waals surface area contributed by atoms with E-state index in [4.69, 9.17) is 10.6 Å². The van der Waals surface area contributed by atoms with Gasteiger partial charge in [0.2, 0.25) is 0 Å². The van der Waals surface area contributed by atoms with E-state index in [1.54, 1.807) is 7.11 Å². The fourth-order valence-corrected chi connectivity index (χ4v) is 1.77. The van der Waals surface area contributed by atoms with Crippen molar-refractivity contribution >= 4 is 5.69 Å². The van der Waals surface area contributed by atoms with Crippen molar-refractivity contribution in [3.05, 3.63) is 24.3 Å². The van der Waals surface area contributed by atoms with Crippen LogP contribution in [0.15, 0.2) is 24.3 Å². The number of hydrazine groups is 1. The van der Waals surface area contributed by atoms with Gasteiger partial charge in [0.1, 0.15) is 5.75 Å². The molecule has 0 unspecified atom stereocenters. The first kappa shape index (κ1) is 14.8. The maximum Gasteiger partial charge on any atom is 0.119 e.